The fourth-order valence-electron chi connectivity index (χ4n) is 5.86. The number of primary sulfonamides is 1. The summed E-state index contributed by atoms with van der Waals surface area (Å²) in [4.78, 5) is 15.1. The number of hydrogen-bond donors (Lipinski definition) is 2. The molecule has 0 bridgehead atoms. The van der Waals surface area contributed by atoms with E-state index >= 15 is 0 Å². The zero-order valence-corrected chi connectivity index (χ0v) is 21.5. The van der Waals surface area contributed by atoms with Gasteiger partial charge < -0.3 is 10.3 Å². The molecule has 0 amide bonds. The molecule has 2 heterocycles. The zero-order chi connectivity index (χ0) is 26.8. The third-order valence-electron chi connectivity index (χ3n) is 7.61. The van der Waals surface area contributed by atoms with Gasteiger partial charge in [0.2, 0.25) is 10.0 Å². The van der Waals surface area contributed by atoms with E-state index in [2.05, 4.69) is 28.8 Å². The van der Waals surface area contributed by atoms with Gasteiger partial charge in [-0.3, -0.25) is 9.69 Å². The molecule has 1 atom stereocenters. The van der Waals surface area contributed by atoms with E-state index in [1.807, 2.05) is 31.3 Å². The summed E-state index contributed by atoms with van der Waals surface area (Å²) < 4.78 is 25.7. The number of sulfonamides is 1. The molecule has 3 aromatic carbocycles. The van der Waals surface area contributed by atoms with E-state index in [4.69, 9.17) is 10.9 Å². The van der Waals surface area contributed by atoms with Crippen LogP contribution in [0, 0.1) is 11.3 Å². The third kappa shape index (κ3) is 3.53. The Kier molecular flexibility index (Phi) is 5.42. The molecule has 190 valence electrons. The number of Topliss-reactive ketones (excluding diaryl/α,β-unsaturated/α-hetero) is 1. The van der Waals surface area contributed by atoms with E-state index in [0.29, 0.717) is 30.5 Å². The molecule has 1 aliphatic carbocycles. The summed E-state index contributed by atoms with van der Waals surface area (Å²) in [6, 6.07) is 22.5. The Balaban J connectivity index is 1.57. The van der Waals surface area contributed by atoms with E-state index in [9.17, 15) is 18.5 Å². The first kappa shape index (κ1) is 24.0. The SMILES string of the molecule is Cn1c2ccccc2c2cc([C@H]3C(C#N)=C(N)N(c4ccc(S(N)(=O)=O)cc4)C4=C3C(=O)CCC4)ccc21. The fourth-order valence-corrected chi connectivity index (χ4v) is 6.38. The highest BCUT2D eigenvalue weighted by atomic mass is 32.2. The van der Waals surface area contributed by atoms with Gasteiger partial charge in [0.15, 0.2) is 5.78 Å². The second-order valence-electron chi connectivity index (χ2n) is 9.71. The van der Waals surface area contributed by atoms with Gasteiger partial charge in [0.05, 0.1) is 22.5 Å². The van der Waals surface area contributed by atoms with Crippen LogP contribution in [0.4, 0.5) is 5.69 Å². The molecule has 0 fully saturated rings. The summed E-state index contributed by atoms with van der Waals surface area (Å²) in [6.45, 7) is 0. The average Bonchev–Trinajstić information content (AvgIpc) is 3.19. The molecule has 6 rings (SSSR count). The van der Waals surface area contributed by atoms with Gasteiger partial charge in [0.1, 0.15) is 5.82 Å². The molecule has 0 spiro atoms. The summed E-state index contributed by atoms with van der Waals surface area (Å²) in [6.07, 6.45) is 1.65. The van der Waals surface area contributed by atoms with Crippen molar-refractivity contribution in [1.82, 2.24) is 4.57 Å². The van der Waals surface area contributed by atoms with Gasteiger partial charge in [-0.2, -0.15) is 5.26 Å². The summed E-state index contributed by atoms with van der Waals surface area (Å²) >= 11 is 0. The zero-order valence-electron chi connectivity index (χ0n) is 20.7. The number of aryl methyl sites for hydroxylation is 1. The smallest absolute Gasteiger partial charge is 0.238 e. The first-order valence-electron chi connectivity index (χ1n) is 12.3. The van der Waals surface area contributed by atoms with Crippen LogP contribution < -0.4 is 15.8 Å². The Labute approximate surface area is 220 Å². The Morgan fingerprint density at radius 1 is 0.974 bits per heavy atom. The van der Waals surface area contributed by atoms with Crippen LogP contribution in [0.5, 0.6) is 0 Å². The minimum absolute atomic E-state index is 0.0133. The molecule has 2 aliphatic rings. The first-order valence-corrected chi connectivity index (χ1v) is 13.8. The summed E-state index contributed by atoms with van der Waals surface area (Å²) in [5.41, 5.74) is 11.8. The molecule has 0 saturated heterocycles. The summed E-state index contributed by atoms with van der Waals surface area (Å²) in [7, 11) is -1.85. The molecule has 0 unspecified atom stereocenters. The van der Waals surface area contributed by atoms with Gasteiger partial charge in [0.25, 0.3) is 0 Å². The van der Waals surface area contributed by atoms with Gasteiger partial charge in [-0.1, -0.05) is 24.3 Å². The molecule has 4 N–H and O–H groups in total. The lowest BCUT2D eigenvalue weighted by Gasteiger charge is -2.39. The average molecular weight is 524 g/mol. The minimum Gasteiger partial charge on any atom is -0.384 e. The van der Waals surface area contributed by atoms with Crippen molar-refractivity contribution in [2.45, 2.75) is 30.1 Å². The molecule has 0 saturated carbocycles. The van der Waals surface area contributed by atoms with Gasteiger partial charge >= 0.3 is 0 Å². The quantitative estimate of drug-likeness (QED) is 0.411. The minimum atomic E-state index is -3.87. The molecule has 4 aromatic rings. The summed E-state index contributed by atoms with van der Waals surface area (Å²) in [5, 5.41) is 17.7. The predicted molar refractivity (Wildman–Crippen MR) is 146 cm³/mol. The molecule has 0 radical (unpaired) electrons. The third-order valence-corrected chi connectivity index (χ3v) is 8.54. The predicted octanol–water partition coefficient (Wildman–Crippen LogP) is 4.28. The number of benzene rings is 3. The largest absolute Gasteiger partial charge is 0.384 e. The number of nitrogens with two attached hydrogens (primary N) is 2. The van der Waals surface area contributed by atoms with Gasteiger partial charge in [0, 0.05) is 52.2 Å². The number of aromatic nitrogens is 1. The Morgan fingerprint density at radius 2 is 1.68 bits per heavy atom. The number of para-hydroxylation sites is 1. The molecule has 8 nitrogen and oxygen atoms in total. The van der Waals surface area contributed by atoms with Crippen LogP contribution in [0.3, 0.4) is 0 Å². The van der Waals surface area contributed by atoms with Crippen LogP contribution in [0.1, 0.15) is 30.7 Å². The number of carbonyl (C=O) groups excluding carboxylic acids is 1. The van der Waals surface area contributed by atoms with Crippen LogP contribution >= 0.6 is 0 Å². The lowest BCUT2D eigenvalue weighted by Crippen LogP contribution is -2.38. The van der Waals surface area contributed by atoms with E-state index < -0.39 is 15.9 Å². The van der Waals surface area contributed by atoms with E-state index in [1.54, 1.807) is 17.0 Å². The van der Waals surface area contributed by atoms with E-state index in [-0.39, 0.29) is 22.1 Å². The monoisotopic (exact) mass is 523 g/mol. The van der Waals surface area contributed by atoms with Crippen molar-refractivity contribution in [2.24, 2.45) is 17.9 Å². The van der Waals surface area contributed by atoms with Crippen molar-refractivity contribution in [2.75, 3.05) is 4.90 Å². The van der Waals surface area contributed by atoms with E-state index in [0.717, 1.165) is 33.1 Å². The highest BCUT2D eigenvalue weighted by molar-refractivity contribution is 7.89. The number of fused-ring (bicyclic) bond motifs is 3. The number of hydrogen-bond acceptors (Lipinski definition) is 6. The fraction of sp³-hybridized carbons (Fsp3) is 0.172. The van der Waals surface area contributed by atoms with Crippen LogP contribution in [-0.4, -0.2) is 18.8 Å². The van der Waals surface area contributed by atoms with Crippen LogP contribution in [0.25, 0.3) is 21.8 Å². The number of nitriles is 1. The number of anilines is 1. The topological polar surface area (TPSA) is 135 Å². The molecular weight excluding hydrogens is 498 g/mol. The second-order valence-corrected chi connectivity index (χ2v) is 11.3. The number of ketones is 1. The number of allylic oxidation sites excluding steroid dienone is 3. The summed E-state index contributed by atoms with van der Waals surface area (Å²) in [5.74, 6) is -0.376. The van der Waals surface area contributed by atoms with Crippen LogP contribution in [0.2, 0.25) is 0 Å². The normalized spacial score (nSPS) is 18.3. The highest BCUT2D eigenvalue weighted by Gasteiger charge is 2.40. The van der Waals surface area contributed by atoms with Crippen LogP contribution in [0.15, 0.2) is 94.3 Å². The molecule has 9 heteroatoms. The van der Waals surface area contributed by atoms with Crippen molar-refractivity contribution in [3.05, 3.63) is 95.0 Å². The van der Waals surface area contributed by atoms with Gasteiger partial charge in [-0.05, 0) is 60.9 Å². The van der Waals surface area contributed by atoms with Crippen molar-refractivity contribution >= 4 is 43.3 Å². The molecule has 1 aliphatic heterocycles. The molecule has 38 heavy (non-hydrogen) atoms. The lowest BCUT2D eigenvalue weighted by molar-refractivity contribution is -0.116. The molecular formula is C29H25N5O3S. The maximum atomic E-state index is 13.5. The molecule has 1 aromatic heterocycles. The standard InChI is InChI=1S/C29H25N5O3S/c1-33-23-6-3-2-5-20(23)21-15-17(9-14-24(21)33)27-22(16-30)29(31)34(25-7-4-8-26(35)28(25)27)18-10-12-19(13-11-18)38(32,36)37/h2-3,5-6,9-15,27H,4,7-8,31H2,1H3,(H2,32,36,37)/t27-/m0/s1. The maximum absolute atomic E-state index is 13.5. The Hall–Kier alpha value is -4.39. The van der Waals surface area contributed by atoms with Gasteiger partial charge in [-0.25, -0.2) is 13.6 Å². The number of nitrogens with zero attached hydrogens (tertiary/aromatic N) is 3. The highest BCUT2D eigenvalue weighted by Crippen LogP contribution is 2.47. The Morgan fingerprint density at radius 3 is 2.39 bits per heavy atom. The van der Waals surface area contributed by atoms with Crippen molar-refractivity contribution in [1.29, 1.82) is 5.26 Å². The van der Waals surface area contributed by atoms with Crippen LogP contribution in [-0.2, 0) is 21.9 Å². The number of rotatable bonds is 3. The maximum Gasteiger partial charge on any atom is 0.238 e. The Bertz CT molecular complexity index is 1880. The van der Waals surface area contributed by atoms with Crippen molar-refractivity contribution in [3.63, 3.8) is 0 Å². The number of carbonyl (C=O) groups is 1. The first-order chi connectivity index (χ1) is 18.2. The van der Waals surface area contributed by atoms with Crippen molar-refractivity contribution in [3.8, 4) is 6.07 Å². The van der Waals surface area contributed by atoms with Gasteiger partial charge in [-0.15, -0.1) is 0 Å². The second kappa shape index (κ2) is 8.58. The van der Waals surface area contributed by atoms with E-state index in [1.165, 1.54) is 12.1 Å². The lowest BCUT2D eigenvalue weighted by atomic mass is 9.75. The van der Waals surface area contributed by atoms with Crippen molar-refractivity contribution < 1.29 is 13.2 Å².